The van der Waals surface area contributed by atoms with Gasteiger partial charge in [-0.15, -0.1) is 0 Å². The summed E-state index contributed by atoms with van der Waals surface area (Å²) in [5.74, 6) is 0. The van der Waals surface area contributed by atoms with Gasteiger partial charge in [0, 0.05) is 5.41 Å². The molecule has 0 spiro atoms. The number of aryl methyl sites for hydroxylation is 1. The molecule has 0 bridgehead atoms. The second-order valence-corrected chi connectivity index (χ2v) is 13.9. The van der Waals surface area contributed by atoms with E-state index in [-0.39, 0.29) is 5.41 Å². The van der Waals surface area contributed by atoms with Crippen molar-refractivity contribution in [3.8, 4) is 0 Å². The number of rotatable bonds is 26. The van der Waals surface area contributed by atoms with Crippen molar-refractivity contribution < 1.29 is 4.57 Å². The molecular weight excluding hydrogens is 532 g/mol. The second-order valence-electron chi connectivity index (χ2n) is 13.9. The summed E-state index contributed by atoms with van der Waals surface area (Å²) >= 11 is 0. The minimum atomic E-state index is 0.0107. The molecule has 1 aromatic heterocycles. The molecule has 0 radical (unpaired) electrons. The fourth-order valence-electron chi connectivity index (χ4n) is 7.21. The molecule has 2 atom stereocenters. The molecule has 2 aromatic carbocycles. The first-order valence-corrected chi connectivity index (χ1v) is 18.8. The highest BCUT2D eigenvalue weighted by Crippen LogP contribution is 2.41. The van der Waals surface area contributed by atoms with Crippen molar-refractivity contribution in [3.05, 3.63) is 90.5 Å². The Morgan fingerprint density at radius 2 is 1.07 bits per heavy atom. The van der Waals surface area contributed by atoms with Gasteiger partial charge >= 0.3 is 0 Å². The summed E-state index contributed by atoms with van der Waals surface area (Å²) in [5.41, 5.74) is 2.90. The molecule has 0 saturated heterocycles. The number of hydrogen-bond acceptors (Lipinski definition) is 0. The van der Waals surface area contributed by atoms with Gasteiger partial charge in [0.05, 0.1) is 6.54 Å². The van der Waals surface area contributed by atoms with Crippen LogP contribution in [0, 0.1) is 0 Å². The van der Waals surface area contributed by atoms with Crippen LogP contribution in [0.3, 0.4) is 0 Å². The van der Waals surface area contributed by atoms with Gasteiger partial charge in [0.25, 0.3) is 0 Å². The third-order valence-electron chi connectivity index (χ3n) is 10.0. The minimum absolute atomic E-state index is 0.0107. The summed E-state index contributed by atoms with van der Waals surface area (Å²) in [6.07, 6.45) is 35.8. The Morgan fingerprint density at radius 3 is 1.61 bits per heavy atom. The van der Waals surface area contributed by atoms with Crippen molar-refractivity contribution >= 4 is 0 Å². The Balaban J connectivity index is 1.61. The van der Waals surface area contributed by atoms with E-state index in [0.29, 0.717) is 6.04 Å². The molecule has 2 heteroatoms. The molecule has 44 heavy (non-hydrogen) atoms. The lowest BCUT2D eigenvalue weighted by atomic mass is 9.70. The predicted molar refractivity (Wildman–Crippen MR) is 191 cm³/mol. The summed E-state index contributed by atoms with van der Waals surface area (Å²) in [6.45, 7) is 8.26. The van der Waals surface area contributed by atoms with E-state index < -0.39 is 0 Å². The number of hydrogen-bond donors (Lipinski definition) is 0. The van der Waals surface area contributed by atoms with Gasteiger partial charge in [-0.25, -0.2) is 9.13 Å². The lowest BCUT2D eigenvalue weighted by Crippen LogP contribution is -2.38. The molecule has 2 unspecified atom stereocenters. The van der Waals surface area contributed by atoms with Crippen molar-refractivity contribution in [1.29, 1.82) is 0 Å². The summed E-state index contributed by atoms with van der Waals surface area (Å²) in [4.78, 5) is 0. The van der Waals surface area contributed by atoms with Crippen LogP contribution in [-0.2, 0) is 18.4 Å². The standard InChI is InChI=1S/C42H67N2/c1-4-6-8-10-12-13-14-15-16-17-18-19-27-33-41(44-36-35-43(38-44)34-28-20-11-9-7-5-2)42(3,40-31-25-22-26-32-40)37-39-29-23-21-24-30-39/h21-26,29-32,35-36,38,41H,4-20,27-28,33-34,37H2,1-3H3/q+1. The van der Waals surface area contributed by atoms with Crippen LogP contribution in [0.25, 0.3) is 0 Å². The summed E-state index contributed by atoms with van der Waals surface area (Å²) in [6, 6.07) is 23.0. The minimum Gasteiger partial charge on any atom is -0.237 e. The molecule has 3 aromatic rings. The third-order valence-corrected chi connectivity index (χ3v) is 10.0. The fraction of sp³-hybridized carbons (Fsp3) is 0.643. The SMILES string of the molecule is CCCCCCCCCCCCCCCC(n1cc[n+](CCCCCCCC)c1)C(C)(Cc1ccccc1)c1ccccc1. The number of nitrogens with zero attached hydrogens (tertiary/aromatic N) is 2. The van der Waals surface area contributed by atoms with Gasteiger partial charge < -0.3 is 0 Å². The Hall–Kier alpha value is -2.35. The molecule has 2 nitrogen and oxygen atoms in total. The topological polar surface area (TPSA) is 8.81 Å². The highest BCUT2D eigenvalue weighted by Gasteiger charge is 2.40. The zero-order valence-electron chi connectivity index (χ0n) is 29.0. The molecule has 0 aliphatic rings. The highest BCUT2D eigenvalue weighted by molar-refractivity contribution is 5.30. The van der Waals surface area contributed by atoms with Crippen LogP contribution >= 0.6 is 0 Å². The first-order valence-electron chi connectivity index (χ1n) is 18.8. The molecule has 0 aliphatic carbocycles. The van der Waals surface area contributed by atoms with Crippen molar-refractivity contribution in [2.75, 3.05) is 0 Å². The average molecular weight is 600 g/mol. The Morgan fingerprint density at radius 1 is 0.591 bits per heavy atom. The van der Waals surface area contributed by atoms with E-state index in [4.69, 9.17) is 0 Å². The molecule has 244 valence electrons. The van der Waals surface area contributed by atoms with Crippen LogP contribution in [0.2, 0.25) is 0 Å². The number of benzene rings is 2. The summed E-state index contributed by atoms with van der Waals surface area (Å²) in [7, 11) is 0. The number of imidazole rings is 1. The third kappa shape index (κ3) is 13.3. The second kappa shape index (κ2) is 22.2. The monoisotopic (exact) mass is 600 g/mol. The molecule has 0 amide bonds. The zero-order valence-corrected chi connectivity index (χ0v) is 29.0. The summed E-state index contributed by atoms with van der Waals surface area (Å²) < 4.78 is 5.03. The normalized spacial score (nSPS) is 13.6. The van der Waals surface area contributed by atoms with Gasteiger partial charge in [-0.3, -0.25) is 0 Å². The summed E-state index contributed by atoms with van der Waals surface area (Å²) in [5, 5.41) is 0. The van der Waals surface area contributed by atoms with E-state index in [9.17, 15) is 0 Å². The number of aromatic nitrogens is 2. The first kappa shape index (κ1) is 36.1. The van der Waals surface area contributed by atoms with Gasteiger partial charge in [0.1, 0.15) is 18.4 Å². The lowest BCUT2D eigenvalue weighted by Gasteiger charge is -2.37. The Kier molecular flexibility index (Phi) is 18.2. The molecule has 0 N–H and O–H groups in total. The molecule has 3 rings (SSSR count). The van der Waals surface area contributed by atoms with Crippen LogP contribution in [0.1, 0.15) is 166 Å². The first-order chi connectivity index (χ1) is 21.7. The van der Waals surface area contributed by atoms with E-state index in [1.165, 1.54) is 140 Å². The van der Waals surface area contributed by atoms with E-state index in [0.717, 1.165) is 13.0 Å². The van der Waals surface area contributed by atoms with Crippen LogP contribution in [0.5, 0.6) is 0 Å². The number of unbranched alkanes of at least 4 members (excludes halogenated alkanes) is 17. The molecule has 0 aliphatic heterocycles. The van der Waals surface area contributed by atoms with E-state index >= 15 is 0 Å². The largest absolute Gasteiger partial charge is 0.244 e. The van der Waals surface area contributed by atoms with Crippen molar-refractivity contribution in [3.63, 3.8) is 0 Å². The Bertz CT molecular complexity index is 1070. The quantitative estimate of drug-likeness (QED) is 0.0641. The maximum absolute atomic E-state index is 2.58. The maximum atomic E-state index is 2.58. The molecule has 0 saturated carbocycles. The van der Waals surface area contributed by atoms with E-state index in [2.05, 4.69) is 109 Å². The van der Waals surface area contributed by atoms with Gasteiger partial charge in [0.15, 0.2) is 0 Å². The van der Waals surface area contributed by atoms with Crippen molar-refractivity contribution in [1.82, 2.24) is 4.57 Å². The van der Waals surface area contributed by atoms with Gasteiger partial charge in [-0.05, 0) is 43.2 Å². The van der Waals surface area contributed by atoms with E-state index in [1.807, 2.05) is 0 Å². The van der Waals surface area contributed by atoms with Crippen LogP contribution in [-0.4, -0.2) is 4.57 Å². The van der Waals surface area contributed by atoms with Crippen LogP contribution in [0.4, 0.5) is 0 Å². The van der Waals surface area contributed by atoms with Crippen molar-refractivity contribution in [2.24, 2.45) is 0 Å². The average Bonchev–Trinajstić information content (AvgIpc) is 3.52. The predicted octanol–water partition coefficient (Wildman–Crippen LogP) is 12.4. The maximum Gasteiger partial charge on any atom is 0.244 e. The van der Waals surface area contributed by atoms with Crippen LogP contribution in [0.15, 0.2) is 79.4 Å². The van der Waals surface area contributed by atoms with Gasteiger partial charge in [0.2, 0.25) is 6.33 Å². The molecular formula is C42H67N2+. The molecule has 0 fully saturated rings. The fourth-order valence-corrected chi connectivity index (χ4v) is 7.21. The Labute approximate surface area is 272 Å². The lowest BCUT2D eigenvalue weighted by molar-refractivity contribution is -0.697. The smallest absolute Gasteiger partial charge is 0.237 e. The van der Waals surface area contributed by atoms with E-state index in [1.54, 1.807) is 0 Å². The highest BCUT2D eigenvalue weighted by atomic mass is 15.1. The van der Waals surface area contributed by atoms with Crippen LogP contribution < -0.4 is 4.57 Å². The van der Waals surface area contributed by atoms with Gasteiger partial charge in [-0.1, -0.05) is 184 Å². The van der Waals surface area contributed by atoms with Crippen molar-refractivity contribution in [2.45, 2.75) is 174 Å². The van der Waals surface area contributed by atoms with Gasteiger partial charge in [-0.2, -0.15) is 0 Å². The molecule has 1 heterocycles. The zero-order chi connectivity index (χ0) is 31.1.